The lowest BCUT2D eigenvalue weighted by molar-refractivity contribution is -0.141. The molecule has 0 aromatic heterocycles. The van der Waals surface area contributed by atoms with Gasteiger partial charge in [-0.3, -0.25) is 14.5 Å². The Hall–Kier alpha value is -1.18. The summed E-state index contributed by atoms with van der Waals surface area (Å²) in [5.74, 6) is -1.02. The van der Waals surface area contributed by atoms with Crippen molar-refractivity contribution in [2.24, 2.45) is 0 Å². The summed E-state index contributed by atoms with van der Waals surface area (Å²) in [5.41, 5.74) is 0. The van der Waals surface area contributed by atoms with Gasteiger partial charge in [-0.2, -0.15) is 0 Å². The van der Waals surface area contributed by atoms with Gasteiger partial charge >= 0.3 is 5.97 Å². The number of hydrogen-bond donors (Lipinski definition) is 1. The van der Waals surface area contributed by atoms with Gasteiger partial charge in [0.1, 0.15) is 0 Å². The molecule has 0 bridgehead atoms. The van der Waals surface area contributed by atoms with Crippen LogP contribution in [0.2, 0.25) is 0 Å². The second-order valence-corrected chi connectivity index (χ2v) is 5.49. The zero-order chi connectivity index (χ0) is 15.1. The number of morpholine rings is 1. The Labute approximate surface area is 124 Å². The third-order valence-electron chi connectivity index (χ3n) is 3.82. The summed E-state index contributed by atoms with van der Waals surface area (Å²) >= 11 is 0. The van der Waals surface area contributed by atoms with E-state index in [1.54, 1.807) is 4.90 Å². The second-order valence-electron chi connectivity index (χ2n) is 5.49. The Morgan fingerprint density at radius 1 is 1.10 bits per heavy atom. The average Bonchev–Trinajstić information content (AvgIpc) is 2.71. The Balaban J connectivity index is 1.82. The molecule has 2 aliphatic heterocycles. The molecule has 1 N–H and O–H groups in total. The van der Waals surface area contributed by atoms with Gasteiger partial charge in [0.15, 0.2) is 0 Å². The van der Waals surface area contributed by atoms with Crippen LogP contribution in [0.4, 0.5) is 0 Å². The molecule has 2 rings (SSSR count). The van der Waals surface area contributed by atoms with Crippen molar-refractivity contribution < 1.29 is 24.2 Å². The number of aliphatic carboxylic acids is 1. The molecule has 2 heterocycles. The van der Waals surface area contributed by atoms with Gasteiger partial charge < -0.3 is 19.5 Å². The molecule has 2 fully saturated rings. The van der Waals surface area contributed by atoms with Crippen molar-refractivity contribution in [1.82, 2.24) is 9.80 Å². The molecule has 1 amide bonds. The largest absolute Gasteiger partial charge is 0.481 e. The molecular weight excluding hydrogens is 276 g/mol. The number of nitrogens with zero attached hydrogens (tertiary/aromatic N) is 2. The summed E-state index contributed by atoms with van der Waals surface area (Å²) in [6.45, 7) is 5.93. The Morgan fingerprint density at radius 3 is 2.57 bits per heavy atom. The minimum Gasteiger partial charge on any atom is -0.481 e. The number of rotatable bonds is 5. The molecule has 0 unspecified atom stereocenters. The smallest absolute Gasteiger partial charge is 0.303 e. The Morgan fingerprint density at radius 2 is 1.86 bits per heavy atom. The lowest BCUT2D eigenvalue weighted by Gasteiger charge is -2.31. The highest BCUT2D eigenvalue weighted by molar-refractivity contribution is 5.80. The van der Waals surface area contributed by atoms with E-state index in [1.165, 1.54) is 0 Å². The topological polar surface area (TPSA) is 79.3 Å². The molecule has 7 nitrogen and oxygen atoms in total. The summed E-state index contributed by atoms with van der Waals surface area (Å²) in [7, 11) is 0. The second kappa shape index (κ2) is 8.31. The van der Waals surface area contributed by atoms with Crippen LogP contribution in [0, 0.1) is 0 Å². The van der Waals surface area contributed by atoms with Gasteiger partial charge in [-0.25, -0.2) is 0 Å². The highest BCUT2D eigenvalue weighted by Crippen LogP contribution is 2.11. The summed E-state index contributed by atoms with van der Waals surface area (Å²) in [4.78, 5) is 26.7. The maximum absolute atomic E-state index is 12.1. The third kappa shape index (κ3) is 5.61. The van der Waals surface area contributed by atoms with E-state index in [4.69, 9.17) is 14.6 Å². The van der Waals surface area contributed by atoms with Crippen molar-refractivity contribution in [3.63, 3.8) is 0 Å². The van der Waals surface area contributed by atoms with Crippen LogP contribution in [0.3, 0.4) is 0 Å². The molecule has 7 heteroatoms. The third-order valence-corrected chi connectivity index (χ3v) is 3.82. The van der Waals surface area contributed by atoms with Crippen LogP contribution >= 0.6 is 0 Å². The minimum absolute atomic E-state index is 0.000576. The van der Waals surface area contributed by atoms with Crippen molar-refractivity contribution >= 4 is 11.9 Å². The van der Waals surface area contributed by atoms with E-state index in [0.717, 1.165) is 39.3 Å². The van der Waals surface area contributed by atoms with Gasteiger partial charge in [0.2, 0.25) is 5.91 Å². The van der Waals surface area contributed by atoms with Gasteiger partial charge in [-0.1, -0.05) is 0 Å². The fraction of sp³-hybridized carbons (Fsp3) is 0.857. The quantitative estimate of drug-likeness (QED) is 0.757. The summed E-state index contributed by atoms with van der Waals surface area (Å²) in [6, 6.07) is 0. The standard InChI is InChI=1S/C14H24N2O5/c17-13(2-3-14(18)19)16-4-1-7-21-12(11-16)10-15-5-8-20-9-6-15/h12H,1-11H2,(H,18,19)/t12-/m0/s1. The maximum Gasteiger partial charge on any atom is 0.303 e. The van der Waals surface area contributed by atoms with Gasteiger partial charge in [-0.05, 0) is 6.42 Å². The predicted molar refractivity (Wildman–Crippen MR) is 75.1 cm³/mol. The molecule has 0 spiro atoms. The number of hydrogen-bond acceptors (Lipinski definition) is 5. The van der Waals surface area contributed by atoms with Gasteiger partial charge in [-0.15, -0.1) is 0 Å². The van der Waals surface area contributed by atoms with Crippen LogP contribution in [-0.4, -0.2) is 85.4 Å². The maximum atomic E-state index is 12.1. The number of amides is 1. The lowest BCUT2D eigenvalue weighted by Crippen LogP contribution is -2.45. The molecule has 21 heavy (non-hydrogen) atoms. The summed E-state index contributed by atoms with van der Waals surface area (Å²) < 4.78 is 11.1. The van der Waals surface area contributed by atoms with Crippen LogP contribution in [0.1, 0.15) is 19.3 Å². The van der Waals surface area contributed by atoms with E-state index in [0.29, 0.717) is 19.7 Å². The zero-order valence-electron chi connectivity index (χ0n) is 12.3. The number of carboxylic acid groups (broad SMARTS) is 1. The summed E-state index contributed by atoms with van der Waals surface area (Å²) in [6.07, 6.45) is 0.766. The number of ether oxygens (including phenoxy) is 2. The molecule has 1 atom stereocenters. The Kier molecular flexibility index (Phi) is 6.41. The first kappa shape index (κ1) is 16.2. The zero-order valence-corrected chi connectivity index (χ0v) is 12.3. The first-order valence-electron chi connectivity index (χ1n) is 7.56. The molecule has 0 aromatic rings. The number of carboxylic acids is 1. The van der Waals surface area contributed by atoms with Crippen molar-refractivity contribution in [3.8, 4) is 0 Å². The fourth-order valence-electron chi connectivity index (χ4n) is 2.68. The van der Waals surface area contributed by atoms with Crippen molar-refractivity contribution in [2.45, 2.75) is 25.4 Å². The molecule has 2 saturated heterocycles. The van der Waals surface area contributed by atoms with Gasteiger partial charge in [0.05, 0.1) is 25.7 Å². The molecule has 0 radical (unpaired) electrons. The first-order valence-corrected chi connectivity index (χ1v) is 7.56. The highest BCUT2D eigenvalue weighted by atomic mass is 16.5. The molecular formula is C14H24N2O5. The number of carbonyl (C=O) groups is 2. The first-order chi connectivity index (χ1) is 10.1. The lowest BCUT2D eigenvalue weighted by atomic mass is 10.2. The van der Waals surface area contributed by atoms with E-state index < -0.39 is 5.97 Å². The van der Waals surface area contributed by atoms with E-state index in [-0.39, 0.29) is 24.9 Å². The van der Waals surface area contributed by atoms with E-state index in [1.807, 2.05) is 0 Å². The van der Waals surface area contributed by atoms with Crippen molar-refractivity contribution in [2.75, 3.05) is 52.5 Å². The van der Waals surface area contributed by atoms with Gasteiger partial charge in [0.25, 0.3) is 0 Å². The molecule has 0 saturated carbocycles. The number of carbonyl (C=O) groups excluding carboxylic acids is 1. The van der Waals surface area contributed by atoms with Crippen LogP contribution in [0.5, 0.6) is 0 Å². The monoisotopic (exact) mass is 300 g/mol. The van der Waals surface area contributed by atoms with Crippen molar-refractivity contribution in [1.29, 1.82) is 0 Å². The van der Waals surface area contributed by atoms with E-state index >= 15 is 0 Å². The van der Waals surface area contributed by atoms with Gasteiger partial charge in [0, 0.05) is 45.8 Å². The predicted octanol–water partition coefficient (Wildman–Crippen LogP) is -0.199. The van der Waals surface area contributed by atoms with Crippen LogP contribution in [0.25, 0.3) is 0 Å². The van der Waals surface area contributed by atoms with Crippen LogP contribution in [-0.2, 0) is 19.1 Å². The molecule has 0 aliphatic carbocycles. The van der Waals surface area contributed by atoms with Crippen molar-refractivity contribution in [3.05, 3.63) is 0 Å². The van der Waals surface area contributed by atoms with E-state index in [2.05, 4.69) is 4.90 Å². The van der Waals surface area contributed by atoms with Crippen LogP contribution < -0.4 is 0 Å². The summed E-state index contributed by atoms with van der Waals surface area (Å²) in [5, 5.41) is 8.67. The highest BCUT2D eigenvalue weighted by Gasteiger charge is 2.25. The SMILES string of the molecule is O=C(O)CCC(=O)N1CCCO[C@@H](CN2CCOCC2)C1. The molecule has 120 valence electrons. The molecule has 0 aromatic carbocycles. The average molecular weight is 300 g/mol. The normalized spacial score (nSPS) is 24.6. The van der Waals surface area contributed by atoms with E-state index in [9.17, 15) is 9.59 Å². The van der Waals surface area contributed by atoms with Crippen LogP contribution in [0.15, 0.2) is 0 Å². The fourth-order valence-corrected chi connectivity index (χ4v) is 2.68. The Bertz CT molecular complexity index is 357. The molecule has 2 aliphatic rings. The minimum atomic E-state index is -0.931.